The van der Waals surface area contributed by atoms with Crippen molar-refractivity contribution in [1.29, 1.82) is 0 Å². The van der Waals surface area contributed by atoms with Crippen molar-refractivity contribution in [2.24, 2.45) is 5.92 Å². The highest BCUT2D eigenvalue weighted by atomic mass is 35.5. The van der Waals surface area contributed by atoms with Gasteiger partial charge in [0.2, 0.25) is 5.91 Å². The van der Waals surface area contributed by atoms with Gasteiger partial charge in [-0.3, -0.25) is 4.79 Å². The normalized spacial score (nSPS) is 23.5. The van der Waals surface area contributed by atoms with Crippen LogP contribution in [0.1, 0.15) is 18.9 Å². The Hall–Kier alpha value is -0.800. The molecule has 2 rings (SSSR count). The summed E-state index contributed by atoms with van der Waals surface area (Å²) in [7, 11) is 0. The van der Waals surface area contributed by atoms with Gasteiger partial charge >= 0.3 is 0 Å². The molecule has 1 aromatic carbocycles. The lowest BCUT2D eigenvalue weighted by molar-refractivity contribution is -0.132. The first kappa shape index (κ1) is 14.6. The highest BCUT2D eigenvalue weighted by molar-refractivity contribution is 6.31. The third-order valence-corrected chi connectivity index (χ3v) is 4.55. The van der Waals surface area contributed by atoms with Gasteiger partial charge in [-0.25, -0.2) is 4.39 Å². The molecule has 104 valence electrons. The van der Waals surface area contributed by atoms with E-state index in [1.165, 1.54) is 12.1 Å². The van der Waals surface area contributed by atoms with Gasteiger partial charge in [-0.2, -0.15) is 0 Å². The molecule has 1 heterocycles. The van der Waals surface area contributed by atoms with Gasteiger partial charge in [0, 0.05) is 29.1 Å². The Labute approximate surface area is 122 Å². The number of likely N-dealkylation sites (tertiary alicyclic amines) is 1. The van der Waals surface area contributed by atoms with E-state index < -0.39 is 5.82 Å². The topological polar surface area (TPSA) is 20.3 Å². The number of rotatable bonds is 2. The number of carbonyl (C=O) groups is 1. The Morgan fingerprint density at radius 3 is 2.89 bits per heavy atom. The van der Waals surface area contributed by atoms with Gasteiger partial charge in [-0.1, -0.05) is 24.6 Å². The number of hydrogen-bond donors (Lipinski definition) is 0. The Bertz CT molecular complexity index is 460. The summed E-state index contributed by atoms with van der Waals surface area (Å²) in [6.45, 7) is 3.27. The molecule has 1 aliphatic heterocycles. The van der Waals surface area contributed by atoms with Crippen LogP contribution in [0.3, 0.4) is 0 Å². The minimum Gasteiger partial charge on any atom is -0.342 e. The summed E-state index contributed by atoms with van der Waals surface area (Å²) in [5, 5.41) is 0.412. The molecule has 1 amide bonds. The summed E-state index contributed by atoms with van der Waals surface area (Å²) in [6, 6.07) is 4.45. The zero-order valence-corrected chi connectivity index (χ0v) is 12.2. The highest BCUT2D eigenvalue weighted by Crippen LogP contribution is 2.24. The number of hydrogen-bond acceptors (Lipinski definition) is 1. The first-order valence-electron chi connectivity index (χ1n) is 6.33. The number of carbonyl (C=O) groups excluding carboxylic acids is 1. The Morgan fingerprint density at radius 2 is 2.26 bits per heavy atom. The lowest BCUT2D eigenvalue weighted by atomic mass is 9.99. The SMILES string of the molecule is CC1CN(C(=O)Cc2c(F)cccc2Cl)CCC1Cl. The average Bonchev–Trinajstić information content (AvgIpc) is 2.37. The van der Waals surface area contributed by atoms with Crippen molar-refractivity contribution in [2.75, 3.05) is 13.1 Å². The molecule has 2 atom stereocenters. The summed E-state index contributed by atoms with van der Waals surface area (Å²) >= 11 is 12.1. The van der Waals surface area contributed by atoms with E-state index in [2.05, 4.69) is 0 Å². The van der Waals surface area contributed by atoms with Crippen molar-refractivity contribution >= 4 is 29.1 Å². The smallest absolute Gasteiger partial charge is 0.227 e. The number of nitrogens with zero attached hydrogens (tertiary/aromatic N) is 1. The minimum absolute atomic E-state index is 0.00514. The van der Waals surface area contributed by atoms with Crippen LogP contribution in [0.25, 0.3) is 0 Å². The van der Waals surface area contributed by atoms with Gasteiger partial charge in [0.1, 0.15) is 5.82 Å². The van der Waals surface area contributed by atoms with Gasteiger partial charge < -0.3 is 4.90 Å². The molecule has 5 heteroatoms. The van der Waals surface area contributed by atoms with Crippen LogP contribution in [-0.2, 0) is 11.2 Å². The maximum atomic E-state index is 13.6. The zero-order valence-electron chi connectivity index (χ0n) is 10.7. The fourth-order valence-electron chi connectivity index (χ4n) is 2.31. The Kier molecular flexibility index (Phi) is 4.69. The van der Waals surface area contributed by atoms with Crippen LogP contribution in [0.2, 0.25) is 5.02 Å². The van der Waals surface area contributed by atoms with Gasteiger partial charge in [0.25, 0.3) is 0 Å². The van der Waals surface area contributed by atoms with Crippen molar-refractivity contribution in [1.82, 2.24) is 4.90 Å². The molecule has 19 heavy (non-hydrogen) atoms. The molecule has 0 N–H and O–H groups in total. The van der Waals surface area contributed by atoms with Gasteiger partial charge in [-0.05, 0) is 24.5 Å². The molecule has 2 unspecified atom stereocenters. The molecule has 0 aliphatic carbocycles. The Balaban J connectivity index is 2.05. The molecule has 2 nitrogen and oxygen atoms in total. The molecule has 1 aliphatic rings. The number of piperidine rings is 1. The molecular weight excluding hydrogens is 288 g/mol. The van der Waals surface area contributed by atoms with Crippen molar-refractivity contribution in [3.05, 3.63) is 34.6 Å². The molecule has 0 spiro atoms. The van der Waals surface area contributed by atoms with Crippen LogP contribution < -0.4 is 0 Å². The number of halogens is 3. The van der Waals surface area contributed by atoms with Crippen LogP contribution in [0.15, 0.2) is 18.2 Å². The maximum Gasteiger partial charge on any atom is 0.227 e. The summed E-state index contributed by atoms with van der Waals surface area (Å²) in [6.07, 6.45) is 0.782. The molecule has 1 saturated heterocycles. The second-order valence-electron chi connectivity index (χ2n) is 5.00. The van der Waals surface area contributed by atoms with Crippen LogP contribution in [0.5, 0.6) is 0 Å². The monoisotopic (exact) mass is 303 g/mol. The van der Waals surface area contributed by atoms with E-state index in [0.29, 0.717) is 18.1 Å². The molecule has 0 radical (unpaired) electrons. The first-order chi connectivity index (χ1) is 8.99. The van der Waals surface area contributed by atoms with Crippen molar-refractivity contribution < 1.29 is 9.18 Å². The van der Waals surface area contributed by atoms with Crippen LogP contribution >= 0.6 is 23.2 Å². The third-order valence-electron chi connectivity index (χ3n) is 3.54. The summed E-state index contributed by atoms with van der Waals surface area (Å²) in [5.41, 5.74) is 0.273. The van der Waals surface area contributed by atoms with Gasteiger partial charge in [0.15, 0.2) is 0 Å². The maximum absolute atomic E-state index is 13.6. The van der Waals surface area contributed by atoms with Crippen molar-refractivity contribution in [3.63, 3.8) is 0 Å². The molecule has 0 bridgehead atoms. The van der Waals surface area contributed by atoms with Gasteiger partial charge in [0.05, 0.1) is 6.42 Å². The fourth-order valence-corrected chi connectivity index (χ4v) is 2.71. The predicted octanol–water partition coefficient (Wildman–Crippen LogP) is 3.50. The van der Waals surface area contributed by atoms with E-state index in [-0.39, 0.29) is 29.2 Å². The fraction of sp³-hybridized carbons (Fsp3) is 0.500. The third kappa shape index (κ3) is 3.40. The van der Waals surface area contributed by atoms with Crippen molar-refractivity contribution in [3.8, 4) is 0 Å². The van der Waals surface area contributed by atoms with E-state index >= 15 is 0 Å². The average molecular weight is 304 g/mol. The minimum atomic E-state index is -0.430. The largest absolute Gasteiger partial charge is 0.342 e. The second kappa shape index (κ2) is 6.10. The quantitative estimate of drug-likeness (QED) is 0.766. The first-order valence-corrected chi connectivity index (χ1v) is 7.15. The summed E-state index contributed by atoms with van der Waals surface area (Å²) in [5.74, 6) is -0.265. The lowest BCUT2D eigenvalue weighted by Crippen LogP contribution is -2.44. The standard InChI is InChI=1S/C14H16Cl2FNO/c1-9-8-18(6-5-11(9)15)14(19)7-10-12(16)3-2-4-13(10)17/h2-4,9,11H,5-8H2,1H3. The number of amides is 1. The molecule has 1 aromatic rings. The summed E-state index contributed by atoms with van der Waals surface area (Å²) < 4.78 is 13.6. The van der Waals surface area contributed by atoms with Crippen LogP contribution in [0.4, 0.5) is 4.39 Å². The van der Waals surface area contributed by atoms with Crippen LogP contribution in [-0.4, -0.2) is 29.3 Å². The number of benzene rings is 1. The molecule has 1 fully saturated rings. The van der Waals surface area contributed by atoms with Crippen molar-refractivity contribution in [2.45, 2.75) is 25.1 Å². The molecule has 0 saturated carbocycles. The molecular formula is C14H16Cl2FNO. The van der Waals surface area contributed by atoms with E-state index in [4.69, 9.17) is 23.2 Å². The van der Waals surface area contributed by atoms with E-state index in [1.807, 2.05) is 6.92 Å². The summed E-state index contributed by atoms with van der Waals surface area (Å²) in [4.78, 5) is 13.9. The van der Waals surface area contributed by atoms with E-state index in [9.17, 15) is 9.18 Å². The lowest BCUT2D eigenvalue weighted by Gasteiger charge is -2.34. The Morgan fingerprint density at radius 1 is 1.53 bits per heavy atom. The zero-order chi connectivity index (χ0) is 14.0. The van der Waals surface area contributed by atoms with Gasteiger partial charge in [-0.15, -0.1) is 11.6 Å². The number of alkyl halides is 1. The van der Waals surface area contributed by atoms with Crippen LogP contribution in [0, 0.1) is 11.7 Å². The second-order valence-corrected chi connectivity index (χ2v) is 5.97. The predicted molar refractivity (Wildman–Crippen MR) is 75.1 cm³/mol. The highest BCUT2D eigenvalue weighted by Gasteiger charge is 2.27. The van der Waals surface area contributed by atoms with E-state index in [1.54, 1.807) is 11.0 Å². The molecule has 0 aromatic heterocycles. The van der Waals surface area contributed by atoms with E-state index in [0.717, 1.165) is 6.42 Å².